The highest BCUT2D eigenvalue weighted by Gasteiger charge is 2.16. The van der Waals surface area contributed by atoms with Crippen molar-refractivity contribution < 1.29 is 4.52 Å². The van der Waals surface area contributed by atoms with Crippen LogP contribution in [0.1, 0.15) is 25.3 Å². The molecule has 0 aliphatic rings. The molecule has 0 saturated heterocycles. The smallest absolute Gasteiger partial charge is 0.246 e. The van der Waals surface area contributed by atoms with Crippen LogP contribution in [-0.2, 0) is 6.54 Å². The van der Waals surface area contributed by atoms with Crippen LogP contribution in [0.2, 0.25) is 0 Å². The Hall–Kier alpha value is -3.13. The van der Waals surface area contributed by atoms with Gasteiger partial charge in [-0.2, -0.15) is 4.98 Å². The van der Waals surface area contributed by atoms with Crippen molar-refractivity contribution in [3.8, 4) is 23.7 Å². The van der Waals surface area contributed by atoms with Crippen LogP contribution in [0.3, 0.4) is 0 Å². The van der Waals surface area contributed by atoms with Crippen LogP contribution >= 0.6 is 0 Å². The van der Waals surface area contributed by atoms with Gasteiger partial charge >= 0.3 is 0 Å². The van der Waals surface area contributed by atoms with Crippen molar-refractivity contribution in [2.75, 3.05) is 4.90 Å². The zero-order valence-corrected chi connectivity index (χ0v) is 13.7. The molecule has 0 aliphatic heterocycles. The first-order valence-electron chi connectivity index (χ1n) is 7.73. The van der Waals surface area contributed by atoms with Crippen molar-refractivity contribution in [2.24, 2.45) is 0 Å². The van der Waals surface area contributed by atoms with Crippen molar-refractivity contribution in [1.82, 2.24) is 15.1 Å². The molecule has 0 unspecified atom stereocenters. The summed E-state index contributed by atoms with van der Waals surface area (Å²) in [5, 5.41) is 4.04. The third-order valence-corrected chi connectivity index (χ3v) is 3.66. The Kier molecular flexibility index (Phi) is 4.57. The second-order valence-corrected chi connectivity index (χ2v) is 5.67. The van der Waals surface area contributed by atoms with E-state index in [4.69, 9.17) is 10.9 Å². The van der Waals surface area contributed by atoms with Gasteiger partial charge in [0.1, 0.15) is 0 Å². The van der Waals surface area contributed by atoms with Crippen molar-refractivity contribution in [3.63, 3.8) is 0 Å². The molecule has 0 spiro atoms. The van der Waals surface area contributed by atoms with Gasteiger partial charge in [-0.25, -0.2) is 0 Å². The summed E-state index contributed by atoms with van der Waals surface area (Å²) < 4.78 is 5.41. The van der Waals surface area contributed by atoms with E-state index in [-0.39, 0.29) is 6.04 Å². The average Bonchev–Trinajstić information content (AvgIpc) is 3.09. The van der Waals surface area contributed by atoms with Gasteiger partial charge in [0.15, 0.2) is 0 Å². The summed E-state index contributed by atoms with van der Waals surface area (Å²) in [7, 11) is 0. The normalized spacial score (nSPS) is 10.6. The molecular weight excluding hydrogens is 300 g/mol. The molecular formula is C19H18N4O. The number of terminal acetylenes is 1. The van der Waals surface area contributed by atoms with Gasteiger partial charge in [0.25, 0.3) is 0 Å². The summed E-state index contributed by atoms with van der Waals surface area (Å²) >= 11 is 0. The summed E-state index contributed by atoms with van der Waals surface area (Å²) in [5.41, 5.74) is 2.71. The molecule has 24 heavy (non-hydrogen) atoms. The van der Waals surface area contributed by atoms with Gasteiger partial charge in [0.2, 0.25) is 11.7 Å². The first-order chi connectivity index (χ1) is 11.7. The van der Waals surface area contributed by atoms with E-state index in [9.17, 15) is 0 Å². The number of hydrogen-bond acceptors (Lipinski definition) is 5. The highest BCUT2D eigenvalue weighted by atomic mass is 16.5. The lowest BCUT2D eigenvalue weighted by Crippen LogP contribution is -2.30. The Morgan fingerprint density at radius 1 is 1.25 bits per heavy atom. The molecule has 0 radical (unpaired) electrons. The number of nitrogens with zero attached hydrogens (tertiary/aromatic N) is 4. The molecule has 0 aliphatic carbocycles. The van der Waals surface area contributed by atoms with Crippen molar-refractivity contribution in [1.29, 1.82) is 0 Å². The van der Waals surface area contributed by atoms with E-state index in [2.05, 4.69) is 39.8 Å². The first-order valence-corrected chi connectivity index (χ1v) is 7.73. The molecule has 5 heteroatoms. The fourth-order valence-electron chi connectivity index (χ4n) is 2.42. The zero-order chi connectivity index (χ0) is 16.9. The number of aromatic nitrogens is 3. The molecule has 0 N–H and O–H groups in total. The highest BCUT2D eigenvalue weighted by Crippen LogP contribution is 2.22. The Morgan fingerprint density at radius 2 is 2.12 bits per heavy atom. The molecule has 120 valence electrons. The number of anilines is 1. The third-order valence-electron chi connectivity index (χ3n) is 3.66. The van der Waals surface area contributed by atoms with Crippen molar-refractivity contribution in [2.45, 2.75) is 26.4 Å². The zero-order valence-electron chi connectivity index (χ0n) is 13.7. The quantitative estimate of drug-likeness (QED) is 0.674. The minimum Gasteiger partial charge on any atom is -0.360 e. The standard InChI is InChI=1S/C19H18N4O/c1-4-15-7-5-9-17(11-15)23(14(2)3)13-18-21-19(22-24-18)16-8-6-10-20-12-16/h1,5-12,14H,13H2,2-3H3. The summed E-state index contributed by atoms with van der Waals surface area (Å²) in [6, 6.07) is 11.9. The number of hydrogen-bond donors (Lipinski definition) is 0. The van der Waals surface area contributed by atoms with Gasteiger partial charge in [-0.1, -0.05) is 17.1 Å². The van der Waals surface area contributed by atoms with E-state index in [0.29, 0.717) is 18.3 Å². The summed E-state index contributed by atoms with van der Waals surface area (Å²) in [6.45, 7) is 4.74. The first kappa shape index (κ1) is 15.8. The van der Waals surface area contributed by atoms with E-state index in [1.54, 1.807) is 12.4 Å². The van der Waals surface area contributed by atoms with Gasteiger partial charge in [-0.3, -0.25) is 4.98 Å². The van der Waals surface area contributed by atoms with Crippen LogP contribution in [0.5, 0.6) is 0 Å². The van der Waals surface area contributed by atoms with E-state index >= 15 is 0 Å². The average molecular weight is 318 g/mol. The largest absolute Gasteiger partial charge is 0.360 e. The van der Waals surface area contributed by atoms with E-state index < -0.39 is 0 Å². The van der Waals surface area contributed by atoms with Crippen LogP contribution in [0, 0.1) is 12.3 Å². The highest BCUT2D eigenvalue weighted by molar-refractivity contribution is 5.54. The molecule has 3 aromatic rings. The van der Waals surface area contributed by atoms with Crippen molar-refractivity contribution in [3.05, 3.63) is 60.2 Å². The Balaban J connectivity index is 1.84. The SMILES string of the molecule is C#Cc1cccc(N(Cc2nc(-c3cccnc3)no2)C(C)C)c1. The minimum absolute atomic E-state index is 0.256. The molecule has 0 atom stereocenters. The summed E-state index contributed by atoms with van der Waals surface area (Å²) in [4.78, 5) is 10.7. The molecule has 2 heterocycles. The molecule has 0 bridgehead atoms. The second-order valence-electron chi connectivity index (χ2n) is 5.67. The summed E-state index contributed by atoms with van der Waals surface area (Å²) in [5.74, 6) is 3.76. The lowest BCUT2D eigenvalue weighted by Gasteiger charge is -2.27. The third kappa shape index (κ3) is 3.44. The Bertz CT molecular complexity index is 849. The molecule has 2 aromatic heterocycles. The maximum absolute atomic E-state index is 5.50. The van der Waals surface area contributed by atoms with Crippen LogP contribution < -0.4 is 4.90 Å². The molecule has 0 fully saturated rings. The van der Waals surface area contributed by atoms with Gasteiger partial charge in [-0.15, -0.1) is 6.42 Å². The lowest BCUT2D eigenvalue weighted by molar-refractivity contribution is 0.373. The van der Waals surface area contributed by atoms with Crippen LogP contribution in [0.4, 0.5) is 5.69 Å². The van der Waals surface area contributed by atoms with Gasteiger partial charge < -0.3 is 9.42 Å². The molecule has 0 saturated carbocycles. The van der Waals surface area contributed by atoms with Crippen LogP contribution in [0.15, 0.2) is 53.3 Å². The number of pyridine rings is 1. The Morgan fingerprint density at radius 3 is 2.83 bits per heavy atom. The van der Waals surface area contributed by atoms with Gasteiger partial charge in [0, 0.05) is 35.2 Å². The number of rotatable bonds is 5. The van der Waals surface area contributed by atoms with Gasteiger partial charge in [0.05, 0.1) is 6.54 Å². The number of benzene rings is 1. The molecule has 5 nitrogen and oxygen atoms in total. The topological polar surface area (TPSA) is 55.1 Å². The van der Waals surface area contributed by atoms with E-state index in [1.165, 1.54) is 0 Å². The predicted molar refractivity (Wildman–Crippen MR) is 93.2 cm³/mol. The minimum atomic E-state index is 0.256. The molecule has 3 rings (SSSR count). The Labute approximate surface area is 141 Å². The predicted octanol–water partition coefficient (Wildman–Crippen LogP) is 3.53. The van der Waals surface area contributed by atoms with E-state index in [1.807, 2.05) is 36.4 Å². The fourth-order valence-corrected chi connectivity index (χ4v) is 2.42. The monoisotopic (exact) mass is 318 g/mol. The van der Waals surface area contributed by atoms with Crippen molar-refractivity contribution >= 4 is 5.69 Å². The fraction of sp³-hybridized carbons (Fsp3) is 0.211. The second kappa shape index (κ2) is 6.97. The molecule has 0 amide bonds. The van der Waals surface area contributed by atoms with Crippen LogP contribution in [-0.4, -0.2) is 21.2 Å². The lowest BCUT2D eigenvalue weighted by atomic mass is 10.1. The maximum atomic E-state index is 5.50. The summed E-state index contributed by atoms with van der Waals surface area (Å²) in [6.07, 6.45) is 8.93. The van der Waals surface area contributed by atoms with Gasteiger partial charge in [-0.05, 0) is 44.2 Å². The van der Waals surface area contributed by atoms with Crippen LogP contribution in [0.25, 0.3) is 11.4 Å². The van der Waals surface area contributed by atoms with E-state index in [0.717, 1.165) is 16.8 Å². The maximum Gasteiger partial charge on any atom is 0.246 e. The molecule has 1 aromatic carbocycles.